The van der Waals surface area contributed by atoms with Gasteiger partial charge in [-0.15, -0.1) is 0 Å². The van der Waals surface area contributed by atoms with Crippen molar-refractivity contribution < 1.29 is 9.32 Å². The molecule has 1 amide bonds. The van der Waals surface area contributed by atoms with E-state index in [-0.39, 0.29) is 17.4 Å². The van der Waals surface area contributed by atoms with E-state index in [1.165, 1.54) is 6.33 Å². The van der Waals surface area contributed by atoms with Gasteiger partial charge < -0.3 is 9.42 Å². The van der Waals surface area contributed by atoms with Gasteiger partial charge in [-0.1, -0.05) is 5.16 Å². The Kier molecular flexibility index (Phi) is 3.90. The van der Waals surface area contributed by atoms with Gasteiger partial charge in [0.1, 0.15) is 12.0 Å². The Labute approximate surface area is 161 Å². The molecule has 0 bridgehead atoms. The molecule has 9 nitrogen and oxygen atoms in total. The standard InChI is InChI=1S/C19H19N7O2/c1-25-9-19(10-26(11-19)18(27)14-4-7-21-12-22-14)8-15(25)17-23-16(24-28-17)13-2-5-20-6-3-13/h2-7,12,15H,8-11H2,1H3. The third-order valence-electron chi connectivity index (χ3n) is 5.55. The second kappa shape index (κ2) is 6.45. The normalized spacial score (nSPS) is 21.0. The third kappa shape index (κ3) is 2.84. The van der Waals surface area contributed by atoms with Crippen molar-refractivity contribution >= 4 is 5.91 Å². The molecule has 1 unspecified atom stereocenters. The van der Waals surface area contributed by atoms with Crippen molar-refractivity contribution in [2.45, 2.75) is 12.5 Å². The van der Waals surface area contributed by atoms with Gasteiger partial charge in [-0.05, 0) is 31.7 Å². The van der Waals surface area contributed by atoms with Crippen molar-refractivity contribution in [2.75, 3.05) is 26.7 Å². The first-order chi connectivity index (χ1) is 13.6. The zero-order valence-corrected chi connectivity index (χ0v) is 15.4. The van der Waals surface area contributed by atoms with Crippen LogP contribution in [0.3, 0.4) is 0 Å². The van der Waals surface area contributed by atoms with Crippen LogP contribution in [0.25, 0.3) is 11.4 Å². The molecule has 5 rings (SSSR count). The first-order valence-corrected chi connectivity index (χ1v) is 9.13. The number of hydrogen-bond acceptors (Lipinski definition) is 8. The van der Waals surface area contributed by atoms with Gasteiger partial charge in [0.2, 0.25) is 11.7 Å². The first kappa shape index (κ1) is 16.9. The Morgan fingerprint density at radius 3 is 2.68 bits per heavy atom. The fourth-order valence-corrected chi connectivity index (χ4v) is 4.25. The molecule has 0 aromatic carbocycles. The lowest BCUT2D eigenvalue weighted by Crippen LogP contribution is -2.59. The lowest BCUT2D eigenvalue weighted by Gasteiger charge is -2.47. The summed E-state index contributed by atoms with van der Waals surface area (Å²) < 4.78 is 5.56. The number of amides is 1. The van der Waals surface area contributed by atoms with Gasteiger partial charge in [0.05, 0.1) is 6.04 Å². The minimum atomic E-state index is -0.0445. The van der Waals surface area contributed by atoms with Crippen LogP contribution in [0, 0.1) is 5.41 Å². The molecule has 2 fully saturated rings. The Balaban J connectivity index is 1.28. The molecule has 0 aliphatic carbocycles. The number of carbonyl (C=O) groups is 1. The molecule has 2 saturated heterocycles. The van der Waals surface area contributed by atoms with Crippen LogP contribution >= 0.6 is 0 Å². The van der Waals surface area contributed by atoms with Crippen LogP contribution in [0.2, 0.25) is 0 Å². The molecule has 3 aromatic heterocycles. The van der Waals surface area contributed by atoms with E-state index in [1.54, 1.807) is 24.7 Å². The molecule has 1 atom stereocenters. The smallest absolute Gasteiger partial charge is 0.272 e. The number of nitrogens with zero attached hydrogens (tertiary/aromatic N) is 7. The van der Waals surface area contributed by atoms with E-state index in [9.17, 15) is 4.79 Å². The quantitative estimate of drug-likeness (QED) is 0.676. The molecular weight excluding hydrogens is 358 g/mol. The second-order valence-electron chi connectivity index (χ2n) is 7.58. The molecule has 2 aliphatic rings. The number of hydrogen-bond donors (Lipinski definition) is 0. The summed E-state index contributed by atoms with van der Waals surface area (Å²) in [5, 5.41) is 4.12. The lowest BCUT2D eigenvalue weighted by molar-refractivity contribution is 0.0110. The Morgan fingerprint density at radius 1 is 1.14 bits per heavy atom. The number of carbonyl (C=O) groups excluding carboxylic acids is 1. The number of likely N-dealkylation sites (tertiary alicyclic amines) is 2. The van der Waals surface area contributed by atoms with Crippen molar-refractivity contribution in [1.82, 2.24) is 34.9 Å². The highest BCUT2D eigenvalue weighted by Crippen LogP contribution is 2.47. The summed E-state index contributed by atoms with van der Waals surface area (Å²) in [4.78, 5) is 33.1. The third-order valence-corrected chi connectivity index (χ3v) is 5.55. The molecule has 5 heterocycles. The predicted octanol–water partition coefficient (Wildman–Crippen LogP) is 1.44. The van der Waals surface area contributed by atoms with E-state index >= 15 is 0 Å². The Morgan fingerprint density at radius 2 is 1.93 bits per heavy atom. The van der Waals surface area contributed by atoms with Gasteiger partial charge in [0.15, 0.2) is 0 Å². The van der Waals surface area contributed by atoms with Crippen molar-refractivity contribution in [3.05, 3.63) is 54.7 Å². The maximum atomic E-state index is 12.5. The monoisotopic (exact) mass is 377 g/mol. The van der Waals surface area contributed by atoms with Gasteiger partial charge >= 0.3 is 0 Å². The van der Waals surface area contributed by atoms with Crippen molar-refractivity contribution in [3.63, 3.8) is 0 Å². The Bertz CT molecular complexity index is 986. The zero-order chi connectivity index (χ0) is 19.1. The second-order valence-corrected chi connectivity index (χ2v) is 7.58. The lowest BCUT2D eigenvalue weighted by atomic mass is 9.77. The van der Waals surface area contributed by atoms with Crippen LogP contribution < -0.4 is 0 Å². The van der Waals surface area contributed by atoms with Crippen molar-refractivity contribution in [2.24, 2.45) is 5.41 Å². The summed E-state index contributed by atoms with van der Waals surface area (Å²) in [5.74, 6) is 1.14. The van der Waals surface area contributed by atoms with Gasteiger partial charge in [-0.25, -0.2) is 9.97 Å². The molecule has 142 valence electrons. The van der Waals surface area contributed by atoms with Gasteiger partial charge in [0.25, 0.3) is 5.91 Å². The number of rotatable bonds is 3. The van der Waals surface area contributed by atoms with Crippen LogP contribution in [-0.2, 0) is 0 Å². The van der Waals surface area contributed by atoms with E-state index < -0.39 is 0 Å². The van der Waals surface area contributed by atoms with Crippen LogP contribution in [0.4, 0.5) is 0 Å². The SMILES string of the molecule is CN1CC2(CC1c1nc(-c3ccncc3)no1)CN(C(=O)c1ccncn1)C2. The fraction of sp³-hybridized carbons (Fsp3) is 0.368. The van der Waals surface area contributed by atoms with E-state index in [2.05, 4.69) is 37.0 Å². The molecule has 9 heteroatoms. The van der Waals surface area contributed by atoms with E-state index in [1.807, 2.05) is 17.0 Å². The predicted molar refractivity (Wildman–Crippen MR) is 97.9 cm³/mol. The highest BCUT2D eigenvalue weighted by Gasteiger charge is 2.53. The molecule has 1 spiro atoms. The van der Waals surface area contributed by atoms with Crippen LogP contribution in [0.5, 0.6) is 0 Å². The summed E-state index contributed by atoms with van der Waals surface area (Å²) in [5.41, 5.74) is 1.38. The number of pyridine rings is 1. The summed E-state index contributed by atoms with van der Waals surface area (Å²) in [6, 6.07) is 5.42. The molecule has 0 saturated carbocycles. The number of aromatic nitrogens is 5. The minimum Gasteiger partial charge on any atom is -0.337 e. The topological polar surface area (TPSA) is 101 Å². The first-order valence-electron chi connectivity index (χ1n) is 9.13. The van der Waals surface area contributed by atoms with Crippen LogP contribution in [-0.4, -0.2) is 67.5 Å². The molecule has 0 radical (unpaired) electrons. The van der Waals surface area contributed by atoms with Gasteiger partial charge in [-0.2, -0.15) is 4.98 Å². The van der Waals surface area contributed by atoms with E-state index in [4.69, 9.17) is 4.52 Å². The summed E-state index contributed by atoms with van der Waals surface area (Å²) >= 11 is 0. The van der Waals surface area contributed by atoms with Crippen LogP contribution in [0.1, 0.15) is 28.8 Å². The van der Waals surface area contributed by atoms with Crippen LogP contribution in [0.15, 0.2) is 47.6 Å². The van der Waals surface area contributed by atoms with E-state index in [0.29, 0.717) is 30.5 Å². The molecular formula is C19H19N7O2. The van der Waals surface area contributed by atoms with Crippen molar-refractivity contribution in [1.29, 1.82) is 0 Å². The molecule has 2 aliphatic heterocycles. The molecule has 28 heavy (non-hydrogen) atoms. The summed E-state index contributed by atoms with van der Waals surface area (Å²) in [7, 11) is 2.06. The minimum absolute atomic E-state index is 0.0445. The zero-order valence-electron chi connectivity index (χ0n) is 15.4. The maximum absolute atomic E-state index is 12.5. The maximum Gasteiger partial charge on any atom is 0.272 e. The average Bonchev–Trinajstić information content (AvgIpc) is 3.32. The molecule has 0 N–H and O–H groups in total. The highest BCUT2D eigenvalue weighted by molar-refractivity contribution is 5.92. The van der Waals surface area contributed by atoms with Gasteiger partial charge in [-0.3, -0.25) is 14.7 Å². The fourth-order valence-electron chi connectivity index (χ4n) is 4.25. The summed E-state index contributed by atoms with van der Waals surface area (Å²) in [6.45, 7) is 2.31. The highest BCUT2D eigenvalue weighted by atomic mass is 16.5. The van der Waals surface area contributed by atoms with E-state index in [0.717, 1.165) is 18.5 Å². The van der Waals surface area contributed by atoms with Gasteiger partial charge in [0, 0.05) is 49.2 Å². The summed E-state index contributed by atoms with van der Waals surface area (Å²) in [6.07, 6.45) is 7.29. The van der Waals surface area contributed by atoms with Crippen molar-refractivity contribution in [3.8, 4) is 11.4 Å². The molecule has 3 aromatic rings. The Hall–Kier alpha value is -3.20. The average molecular weight is 377 g/mol. The largest absolute Gasteiger partial charge is 0.337 e.